The Labute approximate surface area is 486 Å². The average molecular weight is 1190 g/mol. The van der Waals surface area contributed by atoms with Crippen molar-refractivity contribution in [3.8, 4) is 0 Å². The van der Waals surface area contributed by atoms with Gasteiger partial charge in [0, 0.05) is 25.7 Å². The third-order valence-electron chi connectivity index (χ3n) is 14.0. The maximum atomic E-state index is 13.0. The van der Waals surface area contributed by atoms with Gasteiger partial charge in [-0.05, 0) is 37.5 Å². The monoisotopic (exact) mass is 1180 g/mol. The lowest BCUT2D eigenvalue weighted by Gasteiger charge is -2.21. The molecule has 0 fully saturated rings. The molecule has 0 saturated heterocycles. The van der Waals surface area contributed by atoms with Gasteiger partial charge in [0.25, 0.3) is 0 Å². The minimum atomic E-state index is -4.94. The zero-order valence-corrected chi connectivity index (χ0v) is 53.2. The summed E-state index contributed by atoms with van der Waals surface area (Å²) in [6.45, 7) is 9.30. The summed E-state index contributed by atoms with van der Waals surface area (Å²) in [7, 11) is -9.86. The maximum absolute atomic E-state index is 13.0. The summed E-state index contributed by atoms with van der Waals surface area (Å²) in [5, 5.41) is 10.5. The highest BCUT2D eigenvalue weighted by atomic mass is 31.2. The van der Waals surface area contributed by atoms with Crippen molar-refractivity contribution in [3.05, 3.63) is 0 Å². The van der Waals surface area contributed by atoms with Crippen LogP contribution in [0.3, 0.4) is 0 Å². The van der Waals surface area contributed by atoms with E-state index in [0.29, 0.717) is 25.7 Å². The van der Waals surface area contributed by atoms with E-state index in [-0.39, 0.29) is 25.7 Å². The fourth-order valence-corrected chi connectivity index (χ4v) is 10.6. The van der Waals surface area contributed by atoms with Gasteiger partial charge < -0.3 is 33.8 Å². The fraction of sp³-hybridized carbons (Fsp3) is 0.934. The minimum absolute atomic E-state index is 0.0985. The van der Waals surface area contributed by atoms with Gasteiger partial charge in [0.2, 0.25) is 0 Å². The average Bonchev–Trinajstić information content (AvgIpc) is 3.41. The van der Waals surface area contributed by atoms with Crippen molar-refractivity contribution in [1.82, 2.24) is 0 Å². The molecular formula is C61H118O17P2. The summed E-state index contributed by atoms with van der Waals surface area (Å²) in [4.78, 5) is 71.5. The molecule has 0 aliphatic rings. The van der Waals surface area contributed by atoms with Crippen LogP contribution >= 0.6 is 15.6 Å². The van der Waals surface area contributed by atoms with E-state index in [1.54, 1.807) is 0 Å². The molecule has 3 N–H and O–H groups in total. The van der Waals surface area contributed by atoms with Crippen molar-refractivity contribution in [2.24, 2.45) is 11.8 Å². The number of aliphatic hydroxyl groups is 1. The van der Waals surface area contributed by atoms with Crippen molar-refractivity contribution in [1.29, 1.82) is 0 Å². The van der Waals surface area contributed by atoms with Crippen LogP contribution < -0.4 is 0 Å². The molecule has 0 radical (unpaired) electrons. The lowest BCUT2D eigenvalue weighted by molar-refractivity contribution is -0.161. The van der Waals surface area contributed by atoms with Crippen LogP contribution in [0, 0.1) is 11.8 Å². The zero-order valence-electron chi connectivity index (χ0n) is 51.4. The van der Waals surface area contributed by atoms with E-state index < -0.39 is 97.5 Å². The number of phosphoric acid groups is 2. The van der Waals surface area contributed by atoms with E-state index in [0.717, 1.165) is 108 Å². The van der Waals surface area contributed by atoms with Gasteiger partial charge in [0.05, 0.1) is 26.4 Å². The van der Waals surface area contributed by atoms with E-state index in [9.17, 15) is 43.2 Å². The molecule has 0 aromatic heterocycles. The first-order valence-electron chi connectivity index (χ1n) is 32.0. The van der Waals surface area contributed by atoms with Gasteiger partial charge >= 0.3 is 39.5 Å². The molecule has 0 bridgehead atoms. The first-order chi connectivity index (χ1) is 38.4. The van der Waals surface area contributed by atoms with Gasteiger partial charge in [0.1, 0.15) is 19.3 Å². The number of phosphoric ester groups is 2. The molecule has 17 nitrogen and oxygen atoms in total. The van der Waals surface area contributed by atoms with Gasteiger partial charge in [-0.15, -0.1) is 0 Å². The summed E-state index contributed by atoms with van der Waals surface area (Å²) in [6.07, 6.45) is 35.7. The van der Waals surface area contributed by atoms with E-state index >= 15 is 0 Å². The highest BCUT2D eigenvalue weighted by Crippen LogP contribution is 2.45. The van der Waals surface area contributed by atoms with Crippen LogP contribution in [-0.2, 0) is 65.4 Å². The minimum Gasteiger partial charge on any atom is -0.462 e. The second kappa shape index (κ2) is 53.8. The Bertz CT molecular complexity index is 1580. The second-order valence-electron chi connectivity index (χ2n) is 23.0. The van der Waals surface area contributed by atoms with Crippen molar-refractivity contribution in [2.75, 3.05) is 39.6 Å². The molecule has 0 aromatic carbocycles. The van der Waals surface area contributed by atoms with Crippen molar-refractivity contribution < 1.29 is 80.2 Å². The first-order valence-corrected chi connectivity index (χ1v) is 35.0. The van der Waals surface area contributed by atoms with Crippen molar-refractivity contribution in [2.45, 2.75) is 317 Å². The molecule has 19 heteroatoms. The Kier molecular flexibility index (Phi) is 52.5. The van der Waals surface area contributed by atoms with Crippen LogP contribution in [0.15, 0.2) is 0 Å². The van der Waals surface area contributed by atoms with Gasteiger partial charge in [-0.25, -0.2) is 9.13 Å². The molecule has 5 atom stereocenters. The summed E-state index contributed by atoms with van der Waals surface area (Å²) >= 11 is 0. The van der Waals surface area contributed by atoms with Gasteiger partial charge in [0.15, 0.2) is 12.2 Å². The molecule has 80 heavy (non-hydrogen) atoms. The molecule has 0 aliphatic heterocycles. The highest BCUT2D eigenvalue weighted by Gasteiger charge is 2.30. The lowest BCUT2D eigenvalue weighted by atomic mass is 10.0. The molecular weight excluding hydrogens is 1070 g/mol. The van der Waals surface area contributed by atoms with Gasteiger partial charge in [-0.1, -0.05) is 247 Å². The number of carbonyl (C=O) groups excluding carboxylic acids is 4. The molecule has 0 rings (SSSR count). The van der Waals surface area contributed by atoms with Crippen LogP contribution in [0.2, 0.25) is 0 Å². The number of aliphatic hydroxyl groups excluding tert-OH is 1. The van der Waals surface area contributed by atoms with E-state index in [1.807, 2.05) is 0 Å². The maximum Gasteiger partial charge on any atom is 0.472 e. The Morgan fingerprint density at radius 1 is 0.338 bits per heavy atom. The van der Waals surface area contributed by atoms with Crippen LogP contribution in [0.25, 0.3) is 0 Å². The molecule has 0 aliphatic carbocycles. The number of hydrogen-bond acceptors (Lipinski definition) is 15. The Balaban J connectivity index is 5.09. The first kappa shape index (κ1) is 78.1. The number of unbranched alkanes of at least 4 members (excludes halogenated alkanes) is 30. The number of carbonyl (C=O) groups is 4. The van der Waals surface area contributed by atoms with Crippen LogP contribution in [-0.4, -0.2) is 96.7 Å². The summed E-state index contributed by atoms with van der Waals surface area (Å²) < 4.78 is 67.4. The summed E-state index contributed by atoms with van der Waals surface area (Å²) in [5.41, 5.74) is 0. The highest BCUT2D eigenvalue weighted by molar-refractivity contribution is 7.47. The van der Waals surface area contributed by atoms with Crippen LogP contribution in [0.1, 0.15) is 298 Å². The van der Waals surface area contributed by atoms with Crippen molar-refractivity contribution >= 4 is 39.5 Å². The van der Waals surface area contributed by atoms with Gasteiger partial charge in [-0.3, -0.25) is 37.3 Å². The topological polar surface area (TPSA) is 237 Å². The standard InChI is InChI=1S/C61H118O17P2/c1-7-9-11-29-37-43-58(63)71-49-56(77-60(65)45-39-30-12-10-8-2)51-75-79(67,68)73-47-55(62)48-74-80(69,70)76-52-57(50-72-59(64)44-38-33-27-24-20-22-26-32-36-42-54(5)6)78-61(66)46-40-34-28-23-19-17-15-13-14-16-18-21-25-31-35-41-53(3)4/h53-57,62H,7-52H2,1-6H3,(H,67,68)(H,69,70)/t55-,56+,57+/m0/s1. The molecule has 0 amide bonds. The van der Waals surface area contributed by atoms with Crippen molar-refractivity contribution in [3.63, 3.8) is 0 Å². The molecule has 0 aromatic rings. The molecule has 474 valence electrons. The van der Waals surface area contributed by atoms with E-state index in [1.165, 1.54) is 109 Å². The normalized spacial score (nSPS) is 14.4. The van der Waals surface area contributed by atoms with E-state index in [4.69, 9.17) is 37.0 Å². The summed E-state index contributed by atoms with van der Waals surface area (Å²) in [6, 6.07) is 0. The van der Waals surface area contributed by atoms with E-state index in [2.05, 4.69) is 41.5 Å². The van der Waals surface area contributed by atoms with Crippen LogP contribution in [0.4, 0.5) is 0 Å². The third kappa shape index (κ3) is 55.3. The predicted molar refractivity (Wildman–Crippen MR) is 317 cm³/mol. The number of hydrogen-bond donors (Lipinski definition) is 3. The molecule has 0 spiro atoms. The summed E-state index contributed by atoms with van der Waals surface area (Å²) in [5.74, 6) is -0.614. The number of esters is 4. The third-order valence-corrected chi connectivity index (χ3v) is 15.9. The molecule has 0 heterocycles. The van der Waals surface area contributed by atoms with Gasteiger partial charge in [-0.2, -0.15) is 0 Å². The predicted octanol–water partition coefficient (Wildman–Crippen LogP) is 16.5. The molecule has 0 saturated carbocycles. The number of rotatable bonds is 60. The Morgan fingerprint density at radius 2 is 0.575 bits per heavy atom. The quantitative estimate of drug-likeness (QED) is 0.0222. The Hall–Kier alpha value is -1.94. The molecule has 2 unspecified atom stereocenters. The largest absolute Gasteiger partial charge is 0.472 e. The Morgan fingerprint density at radius 3 is 0.850 bits per heavy atom. The SMILES string of the molecule is CCCCCCCC(=O)OC[C@H](COP(=O)(O)OC[C@H](O)COP(=O)(O)OC[C@@H](COC(=O)CCCCCCCCCCCC(C)C)OC(=O)CCCCCCCCCCCCCCCCCC(C)C)OC(=O)CCCCCCC. The number of ether oxygens (including phenoxy) is 4. The smallest absolute Gasteiger partial charge is 0.462 e. The fourth-order valence-electron chi connectivity index (χ4n) is 9.00. The lowest BCUT2D eigenvalue weighted by Crippen LogP contribution is -2.30. The van der Waals surface area contributed by atoms with Crippen LogP contribution in [0.5, 0.6) is 0 Å². The zero-order chi connectivity index (χ0) is 59.4. The second-order valence-corrected chi connectivity index (χ2v) is 25.9.